The van der Waals surface area contributed by atoms with Gasteiger partial charge in [0.25, 0.3) is 0 Å². The molecule has 0 saturated carbocycles. The molecule has 0 N–H and O–H groups in total. The third-order valence-electron chi connectivity index (χ3n) is 2.25. The lowest BCUT2D eigenvalue weighted by Gasteiger charge is -2.23. The Kier molecular flexibility index (Phi) is 4.05. The van der Waals surface area contributed by atoms with E-state index in [-0.39, 0.29) is 11.3 Å². The summed E-state index contributed by atoms with van der Waals surface area (Å²) in [7, 11) is 1.83. The molecule has 0 aliphatic heterocycles. The molecule has 1 heterocycles. The van der Waals surface area contributed by atoms with E-state index in [1.807, 2.05) is 19.2 Å². The smallest absolute Gasteiger partial charge is 0.223 e. The third kappa shape index (κ3) is 4.43. The standard InChI is InChI=1S/C13H20N2O/c1-13(2,3)8-12(16)15(4)10-11-6-5-7-14-9-11/h5-7,9H,8,10H2,1-4H3. The van der Waals surface area contributed by atoms with Crippen LogP contribution in [0.5, 0.6) is 0 Å². The fraction of sp³-hybridized carbons (Fsp3) is 0.538. The lowest BCUT2D eigenvalue weighted by molar-refractivity contribution is -0.132. The van der Waals surface area contributed by atoms with Gasteiger partial charge < -0.3 is 4.90 Å². The van der Waals surface area contributed by atoms with Crippen molar-refractivity contribution in [3.05, 3.63) is 30.1 Å². The lowest BCUT2D eigenvalue weighted by Crippen LogP contribution is -2.29. The molecule has 0 aromatic carbocycles. The van der Waals surface area contributed by atoms with Crippen LogP contribution < -0.4 is 0 Å². The van der Waals surface area contributed by atoms with Gasteiger partial charge in [0, 0.05) is 32.4 Å². The molecular formula is C13H20N2O. The Morgan fingerprint density at radius 2 is 2.12 bits per heavy atom. The van der Waals surface area contributed by atoms with Crippen LogP contribution in [0.3, 0.4) is 0 Å². The summed E-state index contributed by atoms with van der Waals surface area (Å²) in [5, 5.41) is 0. The first-order chi connectivity index (χ1) is 7.38. The topological polar surface area (TPSA) is 33.2 Å². The van der Waals surface area contributed by atoms with E-state index >= 15 is 0 Å². The molecule has 0 unspecified atom stereocenters. The van der Waals surface area contributed by atoms with Crippen LogP contribution in [0.1, 0.15) is 32.8 Å². The van der Waals surface area contributed by atoms with E-state index in [9.17, 15) is 4.79 Å². The molecule has 0 aliphatic carbocycles. The van der Waals surface area contributed by atoms with Crippen molar-refractivity contribution in [3.63, 3.8) is 0 Å². The van der Waals surface area contributed by atoms with Crippen LogP contribution in [0.2, 0.25) is 0 Å². The van der Waals surface area contributed by atoms with E-state index in [0.29, 0.717) is 13.0 Å². The van der Waals surface area contributed by atoms with Gasteiger partial charge in [-0.3, -0.25) is 9.78 Å². The van der Waals surface area contributed by atoms with Crippen molar-refractivity contribution >= 4 is 5.91 Å². The molecule has 3 heteroatoms. The molecular weight excluding hydrogens is 200 g/mol. The molecule has 3 nitrogen and oxygen atoms in total. The molecule has 0 bridgehead atoms. The molecule has 1 amide bonds. The minimum atomic E-state index is 0.0419. The molecule has 0 aliphatic rings. The van der Waals surface area contributed by atoms with Gasteiger partial charge in [-0.25, -0.2) is 0 Å². The summed E-state index contributed by atoms with van der Waals surface area (Å²) < 4.78 is 0. The van der Waals surface area contributed by atoms with E-state index < -0.39 is 0 Å². The van der Waals surface area contributed by atoms with Crippen molar-refractivity contribution in [2.75, 3.05) is 7.05 Å². The lowest BCUT2D eigenvalue weighted by atomic mass is 9.91. The number of pyridine rings is 1. The average molecular weight is 220 g/mol. The number of hydrogen-bond acceptors (Lipinski definition) is 2. The van der Waals surface area contributed by atoms with E-state index in [4.69, 9.17) is 0 Å². The first-order valence-electron chi connectivity index (χ1n) is 5.51. The van der Waals surface area contributed by atoms with E-state index in [1.165, 1.54) is 0 Å². The Labute approximate surface area is 97.5 Å². The van der Waals surface area contributed by atoms with Crippen LogP contribution in [-0.2, 0) is 11.3 Å². The summed E-state index contributed by atoms with van der Waals surface area (Å²) in [4.78, 5) is 17.7. The minimum Gasteiger partial charge on any atom is -0.341 e. The van der Waals surface area contributed by atoms with Crippen molar-refractivity contribution in [1.29, 1.82) is 0 Å². The SMILES string of the molecule is CN(Cc1cccnc1)C(=O)CC(C)(C)C. The van der Waals surface area contributed by atoms with E-state index in [0.717, 1.165) is 5.56 Å². The van der Waals surface area contributed by atoms with Gasteiger partial charge in [-0.15, -0.1) is 0 Å². The van der Waals surface area contributed by atoms with Crippen LogP contribution >= 0.6 is 0 Å². The monoisotopic (exact) mass is 220 g/mol. The zero-order valence-corrected chi connectivity index (χ0v) is 10.5. The quantitative estimate of drug-likeness (QED) is 0.784. The highest BCUT2D eigenvalue weighted by Gasteiger charge is 2.18. The normalized spacial score (nSPS) is 11.2. The number of hydrogen-bond donors (Lipinski definition) is 0. The highest BCUT2D eigenvalue weighted by Crippen LogP contribution is 2.19. The van der Waals surface area contributed by atoms with Crippen molar-refractivity contribution in [3.8, 4) is 0 Å². The second kappa shape index (κ2) is 5.10. The summed E-state index contributed by atoms with van der Waals surface area (Å²) in [5.74, 6) is 0.177. The van der Waals surface area contributed by atoms with Crippen molar-refractivity contribution in [2.24, 2.45) is 5.41 Å². The van der Waals surface area contributed by atoms with Gasteiger partial charge >= 0.3 is 0 Å². The Bertz CT molecular complexity index is 341. The number of rotatable bonds is 3. The number of nitrogens with zero attached hydrogens (tertiary/aromatic N) is 2. The Hall–Kier alpha value is -1.38. The predicted molar refractivity (Wildman–Crippen MR) is 64.8 cm³/mol. The van der Waals surface area contributed by atoms with Gasteiger partial charge in [-0.1, -0.05) is 26.8 Å². The molecule has 16 heavy (non-hydrogen) atoms. The van der Waals surface area contributed by atoms with Crippen LogP contribution in [0.15, 0.2) is 24.5 Å². The van der Waals surface area contributed by atoms with Gasteiger partial charge in [0.2, 0.25) is 5.91 Å². The van der Waals surface area contributed by atoms with Crippen molar-refractivity contribution < 1.29 is 4.79 Å². The number of carbonyl (C=O) groups excluding carboxylic acids is 1. The first kappa shape index (κ1) is 12.7. The number of aromatic nitrogens is 1. The molecule has 88 valence electrons. The molecule has 0 fully saturated rings. The third-order valence-corrected chi connectivity index (χ3v) is 2.25. The zero-order valence-electron chi connectivity index (χ0n) is 10.5. The summed E-state index contributed by atoms with van der Waals surface area (Å²) in [5.41, 5.74) is 1.10. The fourth-order valence-electron chi connectivity index (χ4n) is 1.44. The molecule has 1 rings (SSSR count). The van der Waals surface area contributed by atoms with Crippen LogP contribution in [0, 0.1) is 5.41 Å². The van der Waals surface area contributed by atoms with Crippen molar-refractivity contribution in [1.82, 2.24) is 9.88 Å². The maximum Gasteiger partial charge on any atom is 0.223 e. The molecule has 0 radical (unpaired) electrons. The first-order valence-corrected chi connectivity index (χ1v) is 5.51. The van der Waals surface area contributed by atoms with Gasteiger partial charge in [-0.2, -0.15) is 0 Å². The van der Waals surface area contributed by atoms with Gasteiger partial charge in [-0.05, 0) is 17.0 Å². The maximum atomic E-state index is 11.9. The van der Waals surface area contributed by atoms with Crippen LogP contribution in [-0.4, -0.2) is 22.8 Å². The summed E-state index contributed by atoms with van der Waals surface area (Å²) in [6.07, 6.45) is 4.10. The largest absolute Gasteiger partial charge is 0.341 e. The zero-order chi connectivity index (χ0) is 12.2. The maximum absolute atomic E-state index is 11.9. The minimum absolute atomic E-state index is 0.0419. The molecule has 0 spiro atoms. The molecule has 1 aromatic heterocycles. The van der Waals surface area contributed by atoms with E-state index in [2.05, 4.69) is 25.8 Å². The predicted octanol–water partition coefficient (Wildman–Crippen LogP) is 2.48. The Balaban J connectivity index is 2.53. The second-order valence-electron chi connectivity index (χ2n) is 5.35. The van der Waals surface area contributed by atoms with Crippen LogP contribution in [0.25, 0.3) is 0 Å². The molecule has 1 aromatic rings. The summed E-state index contributed by atoms with van der Waals surface area (Å²) in [6.45, 7) is 6.84. The number of carbonyl (C=O) groups is 1. The fourth-order valence-corrected chi connectivity index (χ4v) is 1.44. The highest BCUT2D eigenvalue weighted by molar-refractivity contribution is 5.76. The summed E-state index contributed by atoms with van der Waals surface area (Å²) >= 11 is 0. The molecule has 0 atom stereocenters. The highest BCUT2D eigenvalue weighted by atomic mass is 16.2. The van der Waals surface area contributed by atoms with Crippen molar-refractivity contribution in [2.45, 2.75) is 33.7 Å². The Morgan fingerprint density at radius 1 is 1.44 bits per heavy atom. The second-order valence-corrected chi connectivity index (χ2v) is 5.35. The van der Waals surface area contributed by atoms with Gasteiger partial charge in [0.05, 0.1) is 0 Å². The summed E-state index contributed by atoms with van der Waals surface area (Å²) in [6, 6.07) is 3.87. The van der Waals surface area contributed by atoms with Crippen LogP contribution in [0.4, 0.5) is 0 Å². The Morgan fingerprint density at radius 3 is 2.62 bits per heavy atom. The van der Waals surface area contributed by atoms with Gasteiger partial charge in [0.15, 0.2) is 0 Å². The van der Waals surface area contributed by atoms with E-state index in [1.54, 1.807) is 17.3 Å². The average Bonchev–Trinajstić information content (AvgIpc) is 2.16. The molecule has 0 saturated heterocycles. The number of amides is 1. The van der Waals surface area contributed by atoms with Gasteiger partial charge in [0.1, 0.15) is 0 Å².